The molecule has 1 heterocycles. The smallest absolute Gasteiger partial charge is 0.254 e. The average molecular weight is 260 g/mol. The maximum absolute atomic E-state index is 12.5. The predicted octanol–water partition coefficient (Wildman–Crippen LogP) is 2.24. The predicted molar refractivity (Wildman–Crippen MR) is 75.1 cm³/mol. The molecule has 4 heteroatoms. The summed E-state index contributed by atoms with van der Waals surface area (Å²) in [6.07, 6.45) is 0. The highest BCUT2D eigenvalue weighted by Crippen LogP contribution is 2.40. The maximum atomic E-state index is 12.5. The van der Waals surface area contributed by atoms with Crippen LogP contribution in [0.25, 0.3) is 0 Å². The SMILES string of the molecule is CC(=O)NC1C(=O)N(C(C)C)c2c(C)cc(C)cc21. The normalized spacial score (nSPS) is 17.9. The first-order chi connectivity index (χ1) is 8.82. The Morgan fingerprint density at radius 2 is 1.95 bits per heavy atom. The van der Waals surface area contributed by atoms with Crippen LogP contribution in [0.15, 0.2) is 12.1 Å². The van der Waals surface area contributed by atoms with Crippen molar-refractivity contribution >= 4 is 17.5 Å². The van der Waals surface area contributed by atoms with E-state index in [4.69, 9.17) is 0 Å². The molecule has 1 aliphatic heterocycles. The molecule has 2 rings (SSSR count). The van der Waals surface area contributed by atoms with Crippen LogP contribution in [-0.2, 0) is 9.59 Å². The number of nitrogens with zero attached hydrogens (tertiary/aromatic N) is 1. The fourth-order valence-electron chi connectivity index (χ4n) is 2.78. The van der Waals surface area contributed by atoms with Gasteiger partial charge in [-0.25, -0.2) is 0 Å². The van der Waals surface area contributed by atoms with Gasteiger partial charge in [0.1, 0.15) is 6.04 Å². The number of nitrogens with one attached hydrogen (secondary N) is 1. The zero-order valence-electron chi connectivity index (χ0n) is 12.1. The summed E-state index contributed by atoms with van der Waals surface area (Å²) in [5, 5.41) is 2.76. The minimum Gasteiger partial charge on any atom is -0.341 e. The van der Waals surface area contributed by atoms with Crippen molar-refractivity contribution in [3.8, 4) is 0 Å². The van der Waals surface area contributed by atoms with Crippen molar-refractivity contribution in [2.24, 2.45) is 0 Å². The van der Waals surface area contributed by atoms with E-state index in [1.54, 1.807) is 4.90 Å². The third-order valence-electron chi connectivity index (χ3n) is 3.37. The van der Waals surface area contributed by atoms with Crippen molar-refractivity contribution in [1.29, 1.82) is 0 Å². The van der Waals surface area contributed by atoms with Crippen molar-refractivity contribution in [1.82, 2.24) is 5.32 Å². The number of carbonyl (C=O) groups excluding carboxylic acids is 2. The van der Waals surface area contributed by atoms with Crippen molar-refractivity contribution in [3.05, 3.63) is 28.8 Å². The number of anilines is 1. The van der Waals surface area contributed by atoms with Gasteiger partial charge in [-0.15, -0.1) is 0 Å². The van der Waals surface area contributed by atoms with Crippen LogP contribution in [0.4, 0.5) is 5.69 Å². The molecule has 0 aromatic heterocycles. The Kier molecular flexibility index (Phi) is 3.35. The van der Waals surface area contributed by atoms with E-state index in [9.17, 15) is 9.59 Å². The molecule has 1 aromatic carbocycles. The average Bonchev–Trinajstić information content (AvgIpc) is 2.53. The molecule has 0 fully saturated rings. The monoisotopic (exact) mass is 260 g/mol. The van der Waals surface area contributed by atoms with Crippen molar-refractivity contribution in [2.75, 3.05) is 4.90 Å². The van der Waals surface area contributed by atoms with Crippen LogP contribution in [0, 0.1) is 13.8 Å². The van der Waals surface area contributed by atoms with Crippen molar-refractivity contribution in [3.63, 3.8) is 0 Å². The molecule has 19 heavy (non-hydrogen) atoms. The van der Waals surface area contributed by atoms with Gasteiger partial charge in [0.05, 0.1) is 5.69 Å². The maximum Gasteiger partial charge on any atom is 0.254 e. The molecule has 4 nitrogen and oxygen atoms in total. The Bertz CT molecular complexity index is 549. The van der Waals surface area contributed by atoms with E-state index in [0.717, 1.165) is 22.4 Å². The Morgan fingerprint density at radius 3 is 2.47 bits per heavy atom. The summed E-state index contributed by atoms with van der Waals surface area (Å²) < 4.78 is 0. The lowest BCUT2D eigenvalue weighted by Crippen LogP contribution is -2.40. The number of aryl methyl sites for hydroxylation is 2. The molecule has 1 aromatic rings. The number of amides is 2. The molecule has 0 bridgehead atoms. The Hall–Kier alpha value is -1.84. The van der Waals surface area contributed by atoms with E-state index in [1.807, 2.05) is 33.8 Å². The van der Waals surface area contributed by atoms with Gasteiger partial charge in [-0.05, 0) is 33.3 Å². The summed E-state index contributed by atoms with van der Waals surface area (Å²) in [6.45, 7) is 9.41. The third-order valence-corrected chi connectivity index (χ3v) is 3.37. The quantitative estimate of drug-likeness (QED) is 0.886. The van der Waals surface area contributed by atoms with Gasteiger partial charge in [-0.2, -0.15) is 0 Å². The van der Waals surface area contributed by atoms with Gasteiger partial charge >= 0.3 is 0 Å². The largest absolute Gasteiger partial charge is 0.341 e. The topological polar surface area (TPSA) is 49.4 Å². The molecule has 0 radical (unpaired) electrons. The number of benzene rings is 1. The molecule has 102 valence electrons. The molecular formula is C15H20N2O2. The lowest BCUT2D eigenvalue weighted by Gasteiger charge is -2.23. The molecule has 1 N–H and O–H groups in total. The zero-order valence-corrected chi connectivity index (χ0v) is 12.1. The van der Waals surface area contributed by atoms with Crippen LogP contribution in [0.5, 0.6) is 0 Å². The first-order valence-electron chi connectivity index (χ1n) is 6.54. The number of carbonyl (C=O) groups is 2. The van der Waals surface area contributed by atoms with Gasteiger partial charge in [-0.1, -0.05) is 17.7 Å². The molecule has 1 atom stereocenters. The van der Waals surface area contributed by atoms with Crippen LogP contribution in [-0.4, -0.2) is 17.9 Å². The molecule has 2 amide bonds. The van der Waals surface area contributed by atoms with Gasteiger partial charge in [0.15, 0.2) is 0 Å². The highest BCUT2D eigenvalue weighted by atomic mass is 16.2. The second-order valence-corrected chi connectivity index (χ2v) is 5.46. The molecular weight excluding hydrogens is 240 g/mol. The van der Waals surface area contributed by atoms with E-state index < -0.39 is 6.04 Å². The van der Waals surface area contributed by atoms with Crippen molar-refractivity contribution in [2.45, 2.75) is 46.7 Å². The Morgan fingerprint density at radius 1 is 1.32 bits per heavy atom. The van der Waals surface area contributed by atoms with E-state index in [-0.39, 0.29) is 17.9 Å². The third kappa shape index (κ3) is 2.23. The number of rotatable bonds is 2. The minimum absolute atomic E-state index is 0.0473. The second kappa shape index (κ2) is 4.68. The highest BCUT2D eigenvalue weighted by molar-refractivity contribution is 6.07. The van der Waals surface area contributed by atoms with Gasteiger partial charge in [-0.3, -0.25) is 9.59 Å². The summed E-state index contributed by atoms with van der Waals surface area (Å²) in [4.78, 5) is 25.6. The zero-order chi connectivity index (χ0) is 14.3. The van der Waals surface area contributed by atoms with Crippen LogP contribution in [0.1, 0.15) is 43.5 Å². The summed E-state index contributed by atoms with van der Waals surface area (Å²) >= 11 is 0. The molecule has 0 saturated heterocycles. The molecule has 1 unspecified atom stereocenters. The molecule has 0 aliphatic carbocycles. The highest BCUT2D eigenvalue weighted by Gasteiger charge is 2.40. The molecule has 0 saturated carbocycles. The van der Waals surface area contributed by atoms with Gasteiger partial charge in [0, 0.05) is 18.5 Å². The van der Waals surface area contributed by atoms with Crippen LogP contribution >= 0.6 is 0 Å². The van der Waals surface area contributed by atoms with Crippen LogP contribution < -0.4 is 10.2 Å². The van der Waals surface area contributed by atoms with E-state index in [2.05, 4.69) is 11.4 Å². The lowest BCUT2D eigenvalue weighted by atomic mass is 10.0. The molecule has 0 spiro atoms. The van der Waals surface area contributed by atoms with Crippen LogP contribution in [0.2, 0.25) is 0 Å². The first kappa shape index (κ1) is 13.6. The van der Waals surface area contributed by atoms with Gasteiger partial charge < -0.3 is 10.2 Å². The number of hydrogen-bond acceptors (Lipinski definition) is 2. The summed E-state index contributed by atoms with van der Waals surface area (Å²) in [5.41, 5.74) is 4.03. The van der Waals surface area contributed by atoms with E-state index in [0.29, 0.717) is 0 Å². The second-order valence-electron chi connectivity index (χ2n) is 5.46. The fraction of sp³-hybridized carbons (Fsp3) is 0.467. The first-order valence-corrected chi connectivity index (χ1v) is 6.54. The minimum atomic E-state index is -0.548. The Balaban J connectivity index is 2.60. The molecule has 1 aliphatic rings. The lowest BCUT2D eigenvalue weighted by molar-refractivity contribution is -0.126. The van der Waals surface area contributed by atoms with Crippen molar-refractivity contribution < 1.29 is 9.59 Å². The van der Waals surface area contributed by atoms with Gasteiger partial charge in [0.2, 0.25) is 5.91 Å². The van der Waals surface area contributed by atoms with E-state index >= 15 is 0 Å². The summed E-state index contributed by atoms with van der Waals surface area (Å²) in [5.74, 6) is -0.233. The van der Waals surface area contributed by atoms with Crippen LogP contribution in [0.3, 0.4) is 0 Å². The Labute approximate surface area is 113 Å². The standard InChI is InChI=1S/C15H20N2O2/c1-8(2)17-14-10(4)6-9(3)7-12(14)13(15(17)19)16-11(5)18/h6-8,13H,1-5H3,(H,16,18). The fourth-order valence-corrected chi connectivity index (χ4v) is 2.78. The summed E-state index contributed by atoms with van der Waals surface area (Å²) in [6, 6.07) is 3.58. The van der Waals surface area contributed by atoms with E-state index in [1.165, 1.54) is 6.92 Å². The number of hydrogen-bond donors (Lipinski definition) is 1. The number of fused-ring (bicyclic) bond motifs is 1. The van der Waals surface area contributed by atoms with Gasteiger partial charge in [0.25, 0.3) is 5.91 Å². The summed E-state index contributed by atoms with van der Waals surface area (Å²) in [7, 11) is 0.